The third kappa shape index (κ3) is 7.69. The highest BCUT2D eigenvalue weighted by atomic mass is 35.5. The number of hydrogen-bond donors (Lipinski definition) is 3. The standard InChI is InChI=1S/C33H25Cl4N3O7S2/c1-15(41)40-12-11-19-20(14-40)49-31(21(19)33(46)47-2)39-30(43)28(16-7-4-3-5-8-16)48-18-10-6-9-17(13-18)38-29(42)22-23(32(44)45)25(35)27(37)26(36)24(22)34/h3-10,13,28H,11-12,14H2,1-2H3,(H,38,42)(H,39,43)(H,44,45). The highest BCUT2D eigenvalue weighted by Crippen LogP contribution is 2.43. The highest BCUT2D eigenvalue weighted by Gasteiger charge is 2.32. The summed E-state index contributed by atoms with van der Waals surface area (Å²) in [6.07, 6.45) is 0.439. The first-order valence-corrected chi connectivity index (χ1v) is 17.5. The van der Waals surface area contributed by atoms with Gasteiger partial charge in [-0.15, -0.1) is 23.1 Å². The van der Waals surface area contributed by atoms with Gasteiger partial charge >= 0.3 is 11.9 Å². The first kappa shape index (κ1) is 36.5. The molecule has 3 N–H and O–H groups in total. The van der Waals surface area contributed by atoms with Gasteiger partial charge in [0.05, 0.1) is 50.4 Å². The molecule has 49 heavy (non-hydrogen) atoms. The van der Waals surface area contributed by atoms with E-state index in [2.05, 4.69) is 10.6 Å². The molecule has 1 atom stereocenters. The van der Waals surface area contributed by atoms with Crippen LogP contribution in [0.2, 0.25) is 20.1 Å². The third-order valence-electron chi connectivity index (χ3n) is 7.52. The van der Waals surface area contributed by atoms with E-state index in [4.69, 9.17) is 51.1 Å². The molecule has 10 nitrogen and oxygen atoms in total. The van der Waals surface area contributed by atoms with E-state index in [0.717, 1.165) is 10.4 Å². The number of benzene rings is 3. The number of anilines is 2. The van der Waals surface area contributed by atoms with E-state index < -0.39 is 45.2 Å². The number of ether oxygens (including phenoxy) is 1. The Morgan fingerprint density at radius 3 is 2.20 bits per heavy atom. The molecule has 0 aliphatic carbocycles. The van der Waals surface area contributed by atoms with Gasteiger partial charge in [0.25, 0.3) is 5.91 Å². The van der Waals surface area contributed by atoms with Crippen LogP contribution in [0.5, 0.6) is 0 Å². The average molecular weight is 782 g/mol. The van der Waals surface area contributed by atoms with Crippen LogP contribution in [0.25, 0.3) is 0 Å². The number of nitrogens with one attached hydrogen (secondary N) is 2. The quantitative estimate of drug-likeness (QED) is 0.0665. The molecule has 0 saturated carbocycles. The molecule has 1 unspecified atom stereocenters. The van der Waals surface area contributed by atoms with Gasteiger partial charge < -0.3 is 25.4 Å². The zero-order valence-electron chi connectivity index (χ0n) is 25.6. The Kier molecular flexibility index (Phi) is 11.5. The molecule has 5 rings (SSSR count). The van der Waals surface area contributed by atoms with Crippen molar-refractivity contribution in [2.75, 3.05) is 24.3 Å². The summed E-state index contributed by atoms with van der Waals surface area (Å²) in [6.45, 7) is 2.24. The number of esters is 1. The van der Waals surface area contributed by atoms with Crippen molar-refractivity contribution in [3.05, 3.63) is 107 Å². The van der Waals surface area contributed by atoms with Crippen LogP contribution in [0.15, 0.2) is 59.5 Å². The Morgan fingerprint density at radius 2 is 1.57 bits per heavy atom. The number of thioether (sulfide) groups is 1. The van der Waals surface area contributed by atoms with Gasteiger partial charge in [-0.1, -0.05) is 82.8 Å². The fourth-order valence-corrected chi connectivity index (χ4v) is 8.54. The van der Waals surface area contributed by atoms with Gasteiger partial charge in [0.2, 0.25) is 11.8 Å². The number of carbonyl (C=O) groups is 5. The predicted molar refractivity (Wildman–Crippen MR) is 192 cm³/mol. The topological polar surface area (TPSA) is 142 Å². The number of nitrogens with zero attached hydrogens (tertiary/aromatic N) is 1. The van der Waals surface area contributed by atoms with E-state index in [1.165, 1.54) is 37.1 Å². The molecule has 3 amide bonds. The molecule has 0 saturated heterocycles. The van der Waals surface area contributed by atoms with E-state index in [1.807, 2.05) is 6.07 Å². The van der Waals surface area contributed by atoms with Crippen LogP contribution < -0.4 is 10.6 Å². The Labute approximate surface area is 308 Å². The van der Waals surface area contributed by atoms with Crippen LogP contribution in [0.3, 0.4) is 0 Å². The molecule has 16 heteroatoms. The first-order chi connectivity index (χ1) is 23.3. The number of rotatable bonds is 9. The minimum atomic E-state index is -1.53. The molecule has 2 heterocycles. The normalized spacial score (nSPS) is 12.9. The Morgan fingerprint density at radius 1 is 0.898 bits per heavy atom. The van der Waals surface area contributed by atoms with Crippen LogP contribution >= 0.6 is 69.5 Å². The van der Waals surface area contributed by atoms with Gasteiger partial charge in [-0.25, -0.2) is 9.59 Å². The smallest absolute Gasteiger partial charge is 0.341 e. The fourth-order valence-electron chi connectivity index (χ4n) is 5.18. The number of hydrogen-bond acceptors (Lipinski definition) is 8. The van der Waals surface area contributed by atoms with E-state index >= 15 is 0 Å². The highest BCUT2D eigenvalue weighted by molar-refractivity contribution is 8.00. The van der Waals surface area contributed by atoms with Crippen LogP contribution in [-0.2, 0) is 27.3 Å². The van der Waals surface area contributed by atoms with E-state index in [1.54, 1.807) is 53.4 Å². The molecule has 0 spiro atoms. The number of carbonyl (C=O) groups excluding carboxylic acids is 4. The number of carboxylic acids is 1. The van der Waals surface area contributed by atoms with Crippen molar-refractivity contribution in [3.63, 3.8) is 0 Å². The van der Waals surface area contributed by atoms with Gasteiger partial charge in [-0.2, -0.15) is 0 Å². The summed E-state index contributed by atoms with van der Waals surface area (Å²) in [5.74, 6) is -3.54. The number of aromatic carboxylic acids is 1. The number of thiophene rings is 1. The third-order valence-corrected chi connectivity index (χ3v) is 11.7. The molecule has 0 fully saturated rings. The second-order valence-corrected chi connectivity index (χ2v) is 14.4. The van der Waals surface area contributed by atoms with Gasteiger partial charge in [-0.05, 0) is 35.7 Å². The van der Waals surface area contributed by atoms with Crippen molar-refractivity contribution in [2.24, 2.45) is 0 Å². The summed E-state index contributed by atoms with van der Waals surface area (Å²) >= 11 is 26.9. The summed E-state index contributed by atoms with van der Waals surface area (Å²) in [7, 11) is 1.27. The van der Waals surface area contributed by atoms with E-state index in [9.17, 15) is 29.1 Å². The fraction of sp³-hybridized carbons (Fsp3) is 0.182. The van der Waals surface area contributed by atoms with Gasteiger partial charge in [0, 0.05) is 28.9 Å². The van der Waals surface area contributed by atoms with Gasteiger partial charge in [-0.3, -0.25) is 14.4 Å². The average Bonchev–Trinajstić information content (AvgIpc) is 3.44. The van der Waals surface area contributed by atoms with Gasteiger partial charge in [0.1, 0.15) is 10.3 Å². The Hall–Kier alpha value is -3.78. The largest absolute Gasteiger partial charge is 0.478 e. The minimum Gasteiger partial charge on any atom is -0.478 e. The van der Waals surface area contributed by atoms with Crippen molar-refractivity contribution < 1.29 is 33.8 Å². The molecule has 1 aromatic heterocycles. The zero-order valence-corrected chi connectivity index (χ0v) is 30.2. The molecule has 254 valence electrons. The molecule has 1 aliphatic rings. The summed E-state index contributed by atoms with van der Waals surface area (Å²) < 4.78 is 5.06. The van der Waals surface area contributed by atoms with Crippen molar-refractivity contribution in [2.45, 2.75) is 30.0 Å². The SMILES string of the molecule is COC(=O)c1c(NC(=O)C(Sc2cccc(NC(=O)c3c(Cl)c(Cl)c(Cl)c(Cl)c3C(=O)O)c2)c2ccccc2)sc2c1CCN(C(C)=O)C2. The Bertz CT molecular complexity index is 2010. The molecule has 4 aromatic rings. The second-order valence-electron chi connectivity index (χ2n) is 10.6. The maximum Gasteiger partial charge on any atom is 0.341 e. The number of fused-ring (bicyclic) bond motifs is 1. The van der Waals surface area contributed by atoms with Crippen LogP contribution in [0.1, 0.15) is 59.3 Å². The molecule has 0 bridgehead atoms. The van der Waals surface area contributed by atoms with E-state index in [0.29, 0.717) is 35.0 Å². The second kappa shape index (κ2) is 15.4. The van der Waals surface area contributed by atoms with Crippen LogP contribution in [0.4, 0.5) is 10.7 Å². The lowest BCUT2D eigenvalue weighted by Crippen LogP contribution is -2.33. The zero-order chi connectivity index (χ0) is 35.6. The lowest BCUT2D eigenvalue weighted by molar-refractivity contribution is -0.129. The van der Waals surface area contributed by atoms with Crippen molar-refractivity contribution >= 4 is 110 Å². The molecular weight excluding hydrogens is 756 g/mol. The van der Waals surface area contributed by atoms with Crippen LogP contribution in [0, 0.1) is 0 Å². The molecule has 1 aliphatic heterocycles. The van der Waals surface area contributed by atoms with Crippen molar-refractivity contribution in [1.29, 1.82) is 0 Å². The number of methoxy groups -OCH3 is 1. The summed E-state index contributed by atoms with van der Waals surface area (Å²) in [4.78, 5) is 67.3. The monoisotopic (exact) mass is 779 g/mol. The number of halogens is 4. The summed E-state index contributed by atoms with van der Waals surface area (Å²) in [5, 5.41) is 13.4. The van der Waals surface area contributed by atoms with E-state index in [-0.39, 0.29) is 32.2 Å². The maximum absolute atomic E-state index is 14.0. The van der Waals surface area contributed by atoms with Crippen molar-refractivity contribution in [1.82, 2.24) is 4.90 Å². The summed E-state index contributed by atoms with van der Waals surface area (Å²) in [5.41, 5.74) is 0.839. The van der Waals surface area contributed by atoms with Gasteiger partial charge in [0.15, 0.2) is 0 Å². The first-order valence-electron chi connectivity index (χ1n) is 14.3. The lowest BCUT2D eigenvalue weighted by Gasteiger charge is -2.25. The number of carboxylic acid groups (broad SMARTS) is 1. The molecular formula is C33H25Cl4N3O7S2. The molecule has 3 aromatic carbocycles. The molecule has 0 radical (unpaired) electrons. The van der Waals surface area contributed by atoms with Crippen molar-refractivity contribution in [3.8, 4) is 0 Å². The minimum absolute atomic E-state index is 0.0885. The lowest BCUT2D eigenvalue weighted by atomic mass is 10.0. The summed E-state index contributed by atoms with van der Waals surface area (Å²) in [6, 6.07) is 15.5. The van der Waals surface area contributed by atoms with Crippen LogP contribution in [-0.4, -0.2) is 53.3 Å². The Balaban J connectivity index is 1.44. The predicted octanol–water partition coefficient (Wildman–Crippen LogP) is 8.48. The maximum atomic E-state index is 14.0. The number of amides is 3.